The fourth-order valence-corrected chi connectivity index (χ4v) is 7.04. The van der Waals surface area contributed by atoms with Gasteiger partial charge in [0.15, 0.2) is 0 Å². The summed E-state index contributed by atoms with van der Waals surface area (Å²) in [6.07, 6.45) is 6.18. The van der Waals surface area contributed by atoms with Crippen LogP contribution >= 0.6 is 0 Å². The number of pyridine rings is 1. The third kappa shape index (κ3) is 7.45. The van der Waals surface area contributed by atoms with Gasteiger partial charge in [-0.3, -0.25) is 9.69 Å². The van der Waals surface area contributed by atoms with Crippen LogP contribution in [0, 0.1) is 26.7 Å². The average Bonchev–Trinajstić information content (AvgIpc) is 3.00. The molecule has 0 atom stereocenters. The van der Waals surface area contributed by atoms with E-state index in [1.165, 1.54) is 52.8 Å². The van der Waals surface area contributed by atoms with E-state index in [-0.39, 0.29) is 5.56 Å². The number of H-pyrrole nitrogens is 1. The Morgan fingerprint density at radius 3 is 2.30 bits per heavy atom. The van der Waals surface area contributed by atoms with Crippen molar-refractivity contribution in [3.63, 3.8) is 0 Å². The molecule has 2 aromatic carbocycles. The fourth-order valence-electron chi connectivity index (χ4n) is 7.04. The number of benzene rings is 2. The van der Waals surface area contributed by atoms with Crippen LogP contribution in [0.5, 0.6) is 0 Å². The van der Waals surface area contributed by atoms with E-state index in [0.29, 0.717) is 19.1 Å². The van der Waals surface area contributed by atoms with Gasteiger partial charge in [-0.05, 0) is 104 Å². The smallest absolute Gasteiger partial charge is 0.252 e. The van der Waals surface area contributed by atoms with E-state index in [9.17, 15) is 4.79 Å². The standard InChI is InChI=1S/C37H50N4O3/c1-26-19-27(2)39-37(42)35(26)23-38-22-33-20-32(31-9-7-30(8-10-31)24-40-13-17-44-18-14-40)21-36(28(33)3)41(25-29-5-4-6-29)34-11-15-43-16-12-34/h7-10,19-21,29,34,38H,4-6,11-18,22-25H2,1-3H3,(H,39,42). The molecule has 3 aromatic rings. The Balaban J connectivity index is 1.30. The first-order valence-corrected chi connectivity index (χ1v) is 16.7. The summed E-state index contributed by atoms with van der Waals surface area (Å²) in [5.74, 6) is 0.776. The Labute approximate surface area is 263 Å². The number of aromatic nitrogens is 1. The number of hydrogen-bond acceptors (Lipinski definition) is 6. The number of aromatic amines is 1. The number of morpholine rings is 1. The highest BCUT2D eigenvalue weighted by Crippen LogP contribution is 2.37. The van der Waals surface area contributed by atoms with Gasteiger partial charge in [0.2, 0.25) is 0 Å². The van der Waals surface area contributed by atoms with Crippen LogP contribution in [0.25, 0.3) is 11.1 Å². The van der Waals surface area contributed by atoms with Gasteiger partial charge in [-0.25, -0.2) is 0 Å². The molecule has 3 fully saturated rings. The molecule has 2 saturated heterocycles. The van der Waals surface area contributed by atoms with Crippen LogP contribution in [0.15, 0.2) is 47.3 Å². The molecule has 3 aliphatic rings. The van der Waals surface area contributed by atoms with E-state index >= 15 is 0 Å². The molecule has 6 rings (SSSR count). The Bertz CT molecular complexity index is 1450. The quantitative estimate of drug-likeness (QED) is 0.288. The first kappa shape index (κ1) is 31.0. The molecule has 2 N–H and O–H groups in total. The molecule has 3 heterocycles. The summed E-state index contributed by atoms with van der Waals surface area (Å²) in [6.45, 7) is 14.9. The van der Waals surface area contributed by atoms with Gasteiger partial charge in [0.1, 0.15) is 0 Å². The molecule has 7 heteroatoms. The summed E-state index contributed by atoms with van der Waals surface area (Å²) in [5.41, 5.74) is 10.6. The fraction of sp³-hybridized carbons (Fsp3) is 0.541. The maximum Gasteiger partial charge on any atom is 0.252 e. The average molecular weight is 599 g/mol. The number of anilines is 1. The summed E-state index contributed by atoms with van der Waals surface area (Å²) in [6, 6.07) is 16.5. The van der Waals surface area contributed by atoms with Crippen molar-refractivity contribution in [3.05, 3.63) is 86.3 Å². The lowest BCUT2D eigenvalue weighted by atomic mass is 9.84. The van der Waals surface area contributed by atoms with E-state index in [2.05, 4.69) is 69.5 Å². The molecule has 7 nitrogen and oxygen atoms in total. The highest BCUT2D eigenvalue weighted by molar-refractivity contribution is 5.73. The molecule has 44 heavy (non-hydrogen) atoms. The molecular formula is C37H50N4O3. The van der Waals surface area contributed by atoms with E-state index in [1.54, 1.807) is 0 Å². The van der Waals surface area contributed by atoms with E-state index < -0.39 is 0 Å². The third-order valence-electron chi connectivity index (χ3n) is 10.0. The van der Waals surface area contributed by atoms with Crippen LogP contribution < -0.4 is 15.8 Å². The summed E-state index contributed by atoms with van der Waals surface area (Å²) < 4.78 is 11.3. The van der Waals surface area contributed by atoms with Gasteiger partial charge in [-0.15, -0.1) is 0 Å². The highest BCUT2D eigenvalue weighted by Gasteiger charge is 2.29. The van der Waals surface area contributed by atoms with Crippen LogP contribution in [0.4, 0.5) is 5.69 Å². The topological polar surface area (TPSA) is 69.8 Å². The van der Waals surface area contributed by atoms with Crippen molar-refractivity contribution in [2.24, 2.45) is 5.92 Å². The van der Waals surface area contributed by atoms with Crippen LogP contribution in [0.1, 0.15) is 65.6 Å². The molecule has 236 valence electrons. The molecular weight excluding hydrogens is 548 g/mol. The maximum absolute atomic E-state index is 12.7. The Hall–Kier alpha value is -2.97. The monoisotopic (exact) mass is 598 g/mol. The number of aryl methyl sites for hydroxylation is 2. The number of rotatable bonds is 11. The zero-order valence-corrected chi connectivity index (χ0v) is 26.9. The van der Waals surface area contributed by atoms with Crippen molar-refractivity contribution in [3.8, 4) is 11.1 Å². The number of nitrogens with zero attached hydrogens (tertiary/aromatic N) is 2. The second-order valence-corrected chi connectivity index (χ2v) is 13.2. The summed E-state index contributed by atoms with van der Waals surface area (Å²) in [7, 11) is 0. The normalized spacial score (nSPS) is 18.3. The minimum Gasteiger partial charge on any atom is -0.381 e. The molecule has 1 aromatic heterocycles. The van der Waals surface area contributed by atoms with Crippen molar-refractivity contribution >= 4 is 5.69 Å². The van der Waals surface area contributed by atoms with Gasteiger partial charge in [0.25, 0.3) is 5.56 Å². The van der Waals surface area contributed by atoms with Crippen LogP contribution in [-0.2, 0) is 29.1 Å². The zero-order valence-electron chi connectivity index (χ0n) is 26.9. The first-order valence-electron chi connectivity index (χ1n) is 16.7. The van der Waals surface area contributed by atoms with Gasteiger partial charge >= 0.3 is 0 Å². The molecule has 2 aliphatic heterocycles. The minimum absolute atomic E-state index is 0.00419. The lowest BCUT2D eigenvalue weighted by Crippen LogP contribution is -2.44. The van der Waals surface area contributed by atoms with E-state index in [4.69, 9.17) is 9.47 Å². The SMILES string of the molecule is Cc1cc(C)c(CNCc2cc(-c3ccc(CN4CCOCC4)cc3)cc(N(CC3CCC3)C3CCOCC3)c2C)c(=O)[nH]1. The lowest BCUT2D eigenvalue weighted by molar-refractivity contribution is 0.0342. The Morgan fingerprint density at radius 2 is 1.61 bits per heavy atom. The Morgan fingerprint density at radius 1 is 0.886 bits per heavy atom. The van der Waals surface area contributed by atoms with Crippen LogP contribution in [-0.4, -0.2) is 62.0 Å². The predicted molar refractivity (Wildman–Crippen MR) is 178 cm³/mol. The van der Waals surface area contributed by atoms with Gasteiger partial charge in [-0.2, -0.15) is 0 Å². The van der Waals surface area contributed by atoms with E-state index in [0.717, 1.165) is 88.2 Å². The van der Waals surface area contributed by atoms with Crippen molar-refractivity contribution in [2.75, 3.05) is 51.0 Å². The molecule has 0 spiro atoms. The van der Waals surface area contributed by atoms with Gasteiger partial charge in [0, 0.05) is 75.5 Å². The van der Waals surface area contributed by atoms with Crippen molar-refractivity contribution in [2.45, 2.75) is 78.6 Å². The molecule has 1 saturated carbocycles. The van der Waals surface area contributed by atoms with Crippen molar-refractivity contribution < 1.29 is 9.47 Å². The Kier molecular flexibility index (Phi) is 10.2. The summed E-state index contributed by atoms with van der Waals surface area (Å²) in [5, 5.41) is 3.63. The molecule has 0 bridgehead atoms. The lowest BCUT2D eigenvalue weighted by Gasteiger charge is -2.41. The molecule has 0 radical (unpaired) electrons. The van der Waals surface area contributed by atoms with Crippen LogP contribution in [0.3, 0.4) is 0 Å². The second-order valence-electron chi connectivity index (χ2n) is 13.2. The molecule has 0 amide bonds. The van der Waals surface area contributed by atoms with E-state index in [1.807, 2.05) is 13.8 Å². The first-order chi connectivity index (χ1) is 21.4. The predicted octanol–water partition coefficient (Wildman–Crippen LogP) is 5.87. The number of hydrogen-bond donors (Lipinski definition) is 2. The molecule has 0 unspecified atom stereocenters. The van der Waals surface area contributed by atoms with Gasteiger partial charge in [-0.1, -0.05) is 30.7 Å². The number of ether oxygens (including phenoxy) is 2. The maximum atomic E-state index is 12.7. The summed E-state index contributed by atoms with van der Waals surface area (Å²) >= 11 is 0. The zero-order chi connectivity index (χ0) is 30.5. The second kappa shape index (κ2) is 14.4. The van der Waals surface area contributed by atoms with Crippen molar-refractivity contribution in [1.29, 1.82) is 0 Å². The largest absolute Gasteiger partial charge is 0.381 e. The highest BCUT2D eigenvalue weighted by atomic mass is 16.5. The number of nitrogens with one attached hydrogen (secondary N) is 2. The summed E-state index contributed by atoms with van der Waals surface area (Å²) in [4.78, 5) is 20.9. The van der Waals surface area contributed by atoms with Gasteiger partial charge < -0.3 is 24.7 Å². The molecule has 1 aliphatic carbocycles. The van der Waals surface area contributed by atoms with Crippen molar-refractivity contribution in [1.82, 2.24) is 15.2 Å². The third-order valence-corrected chi connectivity index (χ3v) is 10.0. The van der Waals surface area contributed by atoms with Gasteiger partial charge in [0.05, 0.1) is 13.2 Å². The minimum atomic E-state index is 0.00419. The van der Waals surface area contributed by atoms with Crippen LogP contribution in [0.2, 0.25) is 0 Å².